The molecule has 0 aromatic heterocycles. The molecule has 0 unspecified atom stereocenters. The van der Waals surface area contributed by atoms with Crippen LogP contribution >= 0.6 is 0 Å². The molecule has 0 saturated heterocycles. The predicted octanol–water partition coefficient (Wildman–Crippen LogP) is 4.08. The molecule has 3 rings (SSSR count). The number of esters is 2. The number of methoxy groups -OCH3 is 2. The average molecular weight is 366 g/mol. The van der Waals surface area contributed by atoms with Crippen molar-refractivity contribution < 1.29 is 23.8 Å². The lowest BCUT2D eigenvalue weighted by Gasteiger charge is -2.20. The Kier molecular flexibility index (Phi) is 5.91. The van der Waals surface area contributed by atoms with Crippen molar-refractivity contribution >= 4 is 17.7 Å². The maximum absolute atomic E-state index is 12.6. The first-order valence-corrected chi connectivity index (χ1v) is 8.90. The van der Waals surface area contributed by atoms with Crippen LogP contribution in [-0.4, -0.2) is 26.2 Å². The number of benzene rings is 1. The van der Waals surface area contributed by atoms with Crippen molar-refractivity contribution in [3.05, 3.63) is 76.6 Å². The molecule has 1 aromatic rings. The van der Waals surface area contributed by atoms with Crippen LogP contribution in [-0.2, 0) is 23.8 Å². The third-order valence-corrected chi connectivity index (χ3v) is 4.59. The summed E-state index contributed by atoms with van der Waals surface area (Å²) < 4.78 is 15.8. The number of rotatable bonds is 3. The van der Waals surface area contributed by atoms with Gasteiger partial charge in [-0.15, -0.1) is 0 Å². The minimum Gasteiger partial charge on any atom is -0.465 e. The second kappa shape index (κ2) is 8.54. The monoisotopic (exact) mass is 366 g/mol. The van der Waals surface area contributed by atoms with E-state index in [2.05, 4.69) is 0 Å². The SMILES string of the molecule is COC(=O)C1=C/CCCCC2=COC(c3ccccc3)=C\C2=C\1C(=O)OC. The number of hydrogen-bond acceptors (Lipinski definition) is 5. The lowest BCUT2D eigenvalue weighted by molar-refractivity contribution is -0.139. The van der Waals surface area contributed by atoms with Crippen molar-refractivity contribution in [2.75, 3.05) is 14.2 Å². The van der Waals surface area contributed by atoms with Gasteiger partial charge in [0, 0.05) is 5.56 Å². The topological polar surface area (TPSA) is 61.8 Å². The summed E-state index contributed by atoms with van der Waals surface area (Å²) in [5.41, 5.74) is 2.84. The zero-order chi connectivity index (χ0) is 19.2. The van der Waals surface area contributed by atoms with E-state index in [9.17, 15) is 9.59 Å². The number of allylic oxidation sites excluding steroid dienone is 4. The van der Waals surface area contributed by atoms with Crippen molar-refractivity contribution in [2.45, 2.75) is 25.7 Å². The van der Waals surface area contributed by atoms with Crippen LogP contribution in [0.2, 0.25) is 0 Å². The zero-order valence-corrected chi connectivity index (χ0v) is 15.5. The van der Waals surface area contributed by atoms with E-state index in [1.807, 2.05) is 30.3 Å². The van der Waals surface area contributed by atoms with E-state index in [0.29, 0.717) is 17.8 Å². The summed E-state index contributed by atoms with van der Waals surface area (Å²) in [5.74, 6) is -0.510. The van der Waals surface area contributed by atoms with Crippen LogP contribution in [0.5, 0.6) is 0 Å². The zero-order valence-electron chi connectivity index (χ0n) is 15.5. The van der Waals surface area contributed by atoms with Gasteiger partial charge in [0.25, 0.3) is 0 Å². The van der Waals surface area contributed by atoms with E-state index in [1.165, 1.54) is 14.2 Å². The first-order valence-electron chi connectivity index (χ1n) is 8.90. The summed E-state index contributed by atoms with van der Waals surface area (Å²) in [6.07, 6.45) is 8.49. The first-order chi connectivity index (χ1) is 13.2. The van der Waals surface area contributed by atoms with Crippen LogP contribution in [0.3, 0.4) is 0 Å². The fraction of sp³-hybridized carbons (Fsp3) is 0.273. The highest BCUT2D eigenvalue weighted by Gasteiger charge is 2.29. The average Bonchev–Trinajstić information content (AvgIpc) is 2.81. The molecular formula is C22H22O5. The molecule has 1 aliphatic heterocycles. The summed E-state index contributed by atoms with van der Waals surface area (Å²) in [5, 5.41) is 0. The molecule has 1 aromatic carbocycles. The number of ether oxygens (including phenoxy) is 3. The van der Waals surface area contributed by atoms with Gasteiger partial charge >= 0.3 is 11.9 Å². The van der Waals surface area contributed by atoms with Crippen LogP contribution in [0.4, 0.5) is 0 Å². The molecule has 0 spiro atoms. The van der Waals surface area contributed by atoms with Crippen molar-refractivity contribution in [1.82, 2.24) is 0 Å². The highest BCUT2D eigenvalue weighted by Crippen LogP contribution is 2.35. The Labute approximate surface area is 158 Å². The molecule has 0 amide bonds. The van der Waals surface area contributed by atoms with Crippen LogP contribution in [0.25, 0.3) is 5.76 Å². The van der Waals surface area contributed by atoms with Gasteiger partial charge in [0.1, 0.15) is 5.76 Å². The quantitative estimate of drug-likeness (QED) is 0.754. The molecule has 0 radical (unpaired) electrons. The van der Waals surface area contributed by atoms with Crippen LogP contribution < -0.4 is 0 Å². The maximum atomic E-state index is 12.6. The molecule has 2 aliphatic rings. The molecule has 0 N–H and O–H groups in total. The minimum absolute atomic E-state index is 0.217. The molecule has 1 aliphatic carbocycles. The van der Waals surface area contributed by atoms with Gasteiger partial charge in [-0.3, -0.25) is 0 Å². The Morgan fingerprint density at radius 2 is 1.74 bits per heavy atom. The van der Waals surface area contributed by atoms with E-state index < -0.39 is 11.9 Å². The molecule has 0 saturated carbocycles. The molecule has 0 fully saturated rings. The van der Waals surface area contributed by atoms with Crippen molar-refractivity contribution in [2.24, 2.45) is 0 Å². The Bertz CT molecular complexity index is 856. The van der Waals surface area contributed by atoms with Gasteiger partial charge in [0.15, 0.2) is 0 Å². The molecule has 27 heavy (non-hydrogen) atoms. The van der Waals surface area contributed by atoms with Gasteiger partial charge in [-0.2, -0.15) is 0 Å². The van der Waals surface area contributed by atoms with Crippen molar-refractivity contribution in [3.8, 4) is 0 Å². The molecular weight excluding hydrogens is 344 g/mol. The summed E-state index contributed by atoms with van der Waals surface area (Å²) in [6.45, 7) is 0. The van der Waals surface area contributed by atoms with Crippen LogP contribution in [0.15, 0.2) is 71.0 Å². The van der Waals surface area contributed by atoms with Gasteiger partial charge in [-0.05, 0) is 42.9 Å². The van der Waals surface area contributed by atoms with Gasteiger partial charge in [-0.25, -0.2) is 9.59 Å². The van der Waals surface area contributed by atoms with Crippen LogP contribution in [0.1, 0.15) is 31.2 Å². The highest BCUT2D eigenvalue weighted by atomic mass is 16.5. The summed E-state index contributed by atoms with van der Waals surface area (Å²) >= 11 is 0. The van der Waals surface area contributed by atoms with E-state index in [1.54, 1.807) is 18.4 Å². The van der Waals surface area contributed by atoms with Crippen molar-refractivity contribution in [3.63, 3.8) is 0 Å². The predicted molar refractivity (Wildman–Crippen MR) is 101 cm³/mol. The second-order valence-electron chi connectivity index (χ2n) is 6.27. The normalized spacial score (nSPS) is 21.6. The Morgan fingerprint density at radius 3 is 2.44 bits per heavy atom. The summed E-state index contributed by atoms with van der Waals surface area (Å²) in [4.78, 5) is 25.0. The van der Waals surface area contributed by atoms with Gasteiger partial charge in [0.2, 0.25) is 0 Å². The lowest BCUT2D eigenvalue weighted by Crippen LogP contribution is -2.18. The lowest BCUT2D eigenvalue weighted by atomic mass is 9.91. The molecule has 5 heteroatoms. The number of hydrogen-bond donors (Lipinski definition) is 0. The Hall–Kier alpha value is -3.08. The van der Waals surface area contributed by atoms with Gasteiger partial charge < -0.3 is 14.2 Å². The van der Waals surface area contributed by atoms with Gasteiger partial charge in [-0.1, -0.05) is 36.4 Å². The van der Waals surface area contributed by atoms with E-state index in [0.717, 1.165) is 30.4 Å². The molecule has 0 bridgehead atoms. The third-order valence-electron chi connectivity index (χ3n) is 4.59. The molecule has 5 nitrogen and oxygen atoms in total. The standard InChI is InChI=1S/C22H22O5/c1-25-21(23)17-12-8-4-7-11-16-14-27-19(15-9-5-3-6-10-15)13-18(16)20(17)22(24)26-2/h3,5-6,9-10,12-14H,4,7-8,11H2,1-2H3/b17-12+,20-18+. The van der Waals surface area contributed by atoms with E-state index >= 15 is 0 Å². The minimum atomic E-state index is -0.569. The fourth-order valence-corrected chi connectivity index (χ4v) is 3.21. The molecule has 140 valence electrons. The maximum Gasteiger partial charge on any atom is 0.339 e. The van der Waals surface area contributed by atoms with Crippen LogP contribution in [0, 0.1) is 0 Å². The highest BCUT2D eigenvalue weighted by molar-refractivity contribution is 6.08. The molecule has 0 atom stereocenters. The van der Waals surface area contributed by atoms with Gasteiger partial charge in [0.05, 0.1) is 31.6 Å². The largest absolute Gasteiger partial charge is 0.465 e. The second-order valence-corrected chi connectivity index (χ2v) is 6.27. The Morgan fingerprint density at radius 1 is 1.00 bits per heavy atom. The third kappa shape index (κ3) is 4.03. The first kappa shape index (κ1) is 18.7. The number of fused-ring (bicyclic) bond motifs is 1. The Balaban J connectivity index is 2.22. The van der Waals surface area contributed by atoms with E-state index in [-0.39, 0.29) is 11.1 Å². The van der Waals surface area contributed by atoms with Crippen molar-refractivity contribution in [1.29, 1.82) is 0 Å². The van der Waals surface area contributed by atoms with E-state index in [4.69, 9.17) is 14.2 Å². The number of carbonyl (C=O) groups excluding carboxylic acids is 2. The number of carbonyl (C=O) groups is 2. The smallest absolute Gasteiger partial charge is 0.339 e. The fourth-order valence-electron chi connectivity index (χ4n) is 3.21. The summed E-state index contributed by atoms with van der Waals surface area (Å²) in [6, 6.07) is 9.60. The molecule has 1 heterocycles. The summed E-state index contributed by atoms with van der Waals surface area (Å²) in [7, 11) is 2.61.